The zero-order valence-corrected chi connectivity index (χ0v) is 21.5. The number of hydrogen-bond donors (Lipinski definition) is 0. The van der Waals surface area contributed by atoms with E-state index in [1.165, 1.54) is 21.3 Å². The number of fused-ring (bicyclic) bond motifs is 1. The minimum atomic E-state index is -0.935. The highest BCUT2D eigenvalue weighted by Crippen LogP contribution is 2.48. The molecule has 0 spiro atoms. The summed E-state index contributed by atoms with van der Waals surface area (Å²) in [5.74, 6) is 2.50. The number of benzene rings is 2. The molecule has 2 aromatic rings. The molecule has 194 valence electrons. The molecule has 1 aliphatic rings. The number of para-hydroxylation sites is 2. The quantitative estimate of drug-likeness (QED) is 0.291. The maximum atomic E-state index is 11.9. The summed E-state index contributed by atoms with van der Waals surface area (Å²) < 4.78 is 28.2. The van der Waals surface area contributed by atoms with Crippen molar-refractivity contribution in [1.29, 1.82) is 5.26 Å². The molecular formula is C27H34N2O7. The maximum Gasteiger partial charge on any atom is 0.216 e. The summed E-state index contributed by atoms with van der Waals surface area (Å²) in [5, 5.41) is 22.3. The van der Waals surface area contributed by atoms with Crippen LogP contribution in [0, 0.1) is 27.4 Å². The molecule has 1 heterocycles. The number of hydrogen-bond acceptors (Lipinski definition) is 8. The highest BCUT2D eigenvalue weighted by atomic mass is 16.6. The van der Waals surface area contributed by atoms with Gasteiger partial charge >= 0.3 is 0 Å². The summed E-state index contributed by atoms with van der Waals surface area (Å²) in [6, 6.07) is 12.5. The Morgan fingerprint density at radius 2 is 1.81 bits per heavy atom. The molecule has 0 saturated carbocycles. The zero-order valence-electron chi connectivity index (χ0n) is 21.5. The molecule has 0 saturated heterocycles. The fourth-order valence-electron chi connectivity index (χ4n) is 4.84. The second-order valence-electron chi connectivity index (χ2n) is 9.18. The van der Waals surface area contributed by atoms with Crippen molar-refractivity contribution < 1.29 is 28.6 Å². The van der Waals surface area contributed by atoms with Crippen molar-refractivity contribution in [3.05, 3.63) is 52.1 Å². The van der Waals surface area contributed by atoms with Crippen LogP contribution in [0.4, 0.5) is 0 Å². The van der Waals surface area contributed by atoms with Gasteiger partial charge < -0.3 is 23.7 Å². The Morgan fingerprint density at radius 3 is 2.39 bits per heavy atom. The molecule has 0 N–H and O–H groups in total. The maximum absolute atomic E-state index is 11.9. The first-order valence-corrected chi connectivity index (χ1v) is 12.0. The second kappa shape index (κ2) is 11.8. The summed E-state index contributed by atoms with van der Waals surface area (Å²) in [6.45, 7) is 4.20. The monoisotopic (exact) mass is 498 g/mol. The third kappa shape index (κ3) is 5.43. The first-order valence-electron chi connectivity index (χ1n) is 12.0. The largest absolute Gasteiger partial charge is 0.493 e. The lowest BCUT2D eigenvalue weighted by Gasteiger charge is -2.33. The highest BCUT2D eigenvalue weighted by molar-refractivity contribution is 5.59. The molecule has 3 atom stereocenters. The van der Waals surface area contributed by atoms with E-state index in [0.29, 0.717) is 53.6 Å². The SMILES string of the molecule is COc1ccc(C(C#N)(CCCC(CC2COc3ccccc3O2)[N+](=O)[O-])C(C)C)c(OC)c1OC. The highest BCUT2D eigenvalue weighted by Gasteiger charge is 2.40. The van der Waals surface area contributed by atoms with E-state index < -0.39 is 17.6 Å². The Bertz CT molecular complexity index is 1100. The minimum absolute atomic E-state index is 0.0878. The van der Waals surface area contributed by atoms with Crippen LogP contribution in [-0.2, 0) is 5.41 Å². The molecule has 2 aromatic carbocycles. The van der Waals surface area contributed by atoms with Crippen LogP contribution in [0.3, 0.4) is 0 Å². The van der Waals surface area contributed by atoms with E-state index in [9.17, 15) is 15.4 Å². The van der Waals surface area contributed by atoms with Crippen LogP contribution in [0.15, 0.2) is 36.4 Å². The van der Waals surface area contributed by atoms with Gasteiger partial charge in [-0.25, -0.2) is 0 Å². The minimum Gasteiger partial charge on any atom is -0.493 e. The van der Waals surface area contributed by atoms with Crippen molar-refractivity contribution in [1.82, 2.24) is 0 Å². The second-order valence-corrected chi connectivity index (χ2v) is 9.18. The number of nitro groups is 1. The molecular weight excluding hydrogens is 464 g/mol. The van der Waals surface area contributed by atoms with Gasteiger partial charge in [-0.2, -0.15) is 5.26 Å². The molecule has 0 aliphatic carbocycles. The van der Waals surface area contributed by atoms with E-state index in [1.54, 1.807) is 12.1 Å². The first-order chi connectivity index (χ1) is 17.3. The lowest BCUT2D eigenvalue weighted by atomic mass is 9.69. The van der Waals surface area contributed by atoms with Gasteiger partial charge in [-0.05, 0) is 43.0 Å². The lowest BCUT2D eigenvalue weighted by Crippen LogP contribution is -2.36. The Kier molecular flexibility index (Phi) is 8.86. The Hall–Kier alpha value is -3.67. The predicted octanol–water partition coefficient (Wildman–Crippen LogP) is 5.18. The number of rotatable bonds is 12. The number of ether oxygens (including phenoxy) is 5. The summed E-state index contributed by atoms with van der Waals surface area (Å²) in [5.41, 5.74) is -0.256. The first kappa shape index (κ1) is 26.9. The number of nitriles is 1. The third-order valence-corrected chi connectivity index (χ3v) is 6.88. The molecule has 0 aromatic heterocycles. The van der Waals surface area contributed by atoms with Gasteiger partial charge in [0.15, 0.2) is 23.0 Å². The molecule has 0 fully saturated rings. The van der Waals surface area contributed by atoms with E-state index in [1.807, 2.05) is 38.1 Å². The van der Waals surface area contributed by atoms with Gasteiger partial charge in [0.2, 0.25) is 11.8 Å². The molecule has 0 radical (unpaired) electrons. The average Bonchev–Trinajstić information content (AvgIpc) is 2.89. The van der Waals surface area contributed by atoms with Crippen LogP contribution in [0.25, 0.3) is 0 Å². The van der Waals surface area contributed by atoms with E-state index in [4.69, 9.17) is 23.7 Å². The van der Waals surface area contributed by atoms with Crippen LogP contribution in [0.2, 0.25) is 0 Å². The Balaban J connectivity index is 1.78. The van der Waals surface area contributed by atoms with Crippen LogP contribution < -0.4 is 23.7 Å². The molecule has 3 unspecified atom stereocenters. The molecule has 0 amide bonds. The van der Waals surface area contributed by atoms with Crippen LogP contribution >= 0.6 is 0 Å². The van der Waals surface area contributed by atoms with Crippen molar-refractivity contribution in [2.75, 3.05) is 27.9 Å². The molecule has 0 bridgehead atoms. The fourth-order valence-corrected chi connectivity index (χ4v) is 4.84. The van der Waals surface area contributed by atoms with Gasteiger partial charge in [-0.3, -0.25) is 10.1 Å². The summed E-state index contributed by atoms with van der Waals surface area (Å²) in [7, 11) is 4.58. The standard InChI is InChI=1S/C27H34N2O7/c1-18(2)27(17-28,21-12-13-24(32-3)26(34-5)25(21)33-4)14-8-9-19(29(30)31)15-20-16-35-22-10-6-7-11-23(22)36-20/h6-7,10-13,18-20H,8-9,14-16H2,1-5H3. The molecule has 1 aliphatic heterocycles. The molecule has 36 heavy (non-hydrogen) atoms. The van der Waals surface area contributed by atoms with Gasteiger partial charge in [-0.15, -0.1) is 0 Å². The topological polar surface area (TPSA) is 113 Å². The van der Waals surface area contributed by atoms with E-state index in [-0.39, 0.29) is 23.9 Å². The molecule has 9 heteroatoms. The zero-order chi connectivity index (χ0) is 26.3. The Morgan fingerprint density at radius 1 is 1.11 bits per heavy atom. The van der Waals surface area contributed by atoms with Crippen molar-refractivity contribution in [2.24, 2.45) is 5.92 Å². The molecule has 3 rings (SSSR count). The summed E-state index contributed by atoms with van der Waals surface area (Å²) in [6.07, 6.45) is 1.01. The van der Waals surface area contributed by atoms with Crippen molar-refractivity contribution >= 4 is 0 Å². The van der Waals surface area contributed by atoms with Crippen LogP contribution in [0.1, 0.15) is 45.1 Å². The van der Waals surface area contributed by atoms with Gasteiger partial charge in [0.05, 0.1) is 39.2 Å². The predicted molar refractivity (Wildman–Crippen MR) is 134 cm³/mol. The van der Waals surface area contributed by atoms with E-state index in [2.05, 4.69) is 6.07 Å². The smallest absolute Gasteiger partial charge is 0.216 e. The van der Waals surface area contributed by atoms with E-state index >= 15 is 0 Å². The lowest BCUT2D eigenvalue weighted by molar-refractivity contribution is -0.526. The van der Waals surface area contributed by atoms with Gasteiger partial charge in [0.1, 0.15) is 12.7 Å². The van der Waals surface area contributed by atoms with Crippen LogP contribution in [0.5, 0.6) is 28.7 Å². The molecule has 9 nitrogen and oxygen atoms in total. The average molecular weight is 499 g/mol. The number of nitrogens with zero attached hydrogens (tertiary/aromatic N) is 2. The van der Waals surface area contributed by atoms with Gasteiger partial charge in [0, 0.05) is 16.9 Å². The normalized spacial score (nSPS) is 17.0. The summed E-state index contributed by atoms with van der Waals surface area (Å²) >= 11 is 0. The van der Waals surface area contributed by atoms with Crippen LogP contribution in [-0.4, -0.2) is 45.0 Å². The van der Waals surface area contributed by atoms with Gasteiger partial charge in [-0.1, -0.05) is 26.0 Å². The van der Waals surface area contributed by atoms with Crippen molar-refractivity contribution in [3.63, 3.8) is 0 Å². The summed E-state index contributed by atoms with van der Waals surface area (Å²) in [4.78, 5) is 11.6. The third-order valence-electron chi connectivity index (χ3n) is 6.88. The fraction of sp³-hybridized carbons (Fsp3) is 0.519. The number of methoxy groups -OCH3 is 3. The van der Waals surface area contributed by atoms with E-state index in [0.717, 1.165) is 0 Å². The van der Waals surface area contributed by atoms with Crippen molar-refractivity contribution in [2.45, 2.75) is 57.1 Å². The Labute approximate surface area is 212 Å². The van der Waals surface area contributed by atoms with Crippen molar-refractivity contribution in [3.8, 4) is 34.8 Å². The van der Waals surface area contributed by atoms with Gasteiger partial charge in [0.25, 0.3) is 0 Å².